The molecule has 4 heteroatoms. The van der Waals surface area contributed by atoms with Crippen molar-refractivity contribution in [2.75, 3.05) is 0 Å². The number of nitrogens with zero attached hydrogens (tertiary/aromatic N) is 1. The monoisotopic (exact) mass is 198 g/mol. The number of rotatable bonds is 2. The molecule has 0 heterocycles. The fourth-order valence-corrected chi connectivity index (χ4v) is 1.26. The lowest BCUT2D eigenvalue weighted by molar-refractivity contribution is 0.620. The minimum Gasteiger partial charge on any atom is -0.323 e. The Morgan fingerprint density at radius 1 is 1.62 bits per heavy atom. The van der Waals surface area contributed by atoms with Crippen molar-refractivity contribution in [3.8, 4) is 6.07 Å². The van der Waals surface area contributed by atoms with Gasteiger partial charge in [-0.15, -0.1) is 0 Å². The van der Waals surface area contributed by atoms with E-state index in [1.807, 2.05) is 6.07 Å². The van der Waals surface area contributed by atoms with Gasteiger partial charge in [0.25, 0.3) is 0 Å². The molecule has 0 fully saturated rings. The van der Waals surface area contributed by atoms with E-state index in [2.05, 4.69) is 0 Å². The smallest absolute Gasteiger partial charge is 0.123 e. The van der Waals surface area contributed by atoms with Gasteiger partial charge in [0, 0.05) is 11.1 Å². The van der Waals surface area contributed by atoms with Gasteiger partial charge < -0.3 is 5.73 Å². The summed E-state index contributed by atoms with van der Waals surface area (Å²) in [5.74, 6) is -0.396. The van der Waals surface area contributed by atoms with Gasteiger partial charge in [-0.3, -0.25) is 0 Å². The topological polar surface area (TPSA) is 49.8 Å². The standard InChI is InChI=1S/C9H8ClFN2/c10-8-2-1-6(11)5-7(8)9(13)3-4-12/h1-2,5,9H,3,13H2/t9-/m0/s1. The Kier molecular flexibility index (Phi) is 3.24. The fraction of sp³-hybridized carbons (Fsp3) is 0.222. The van der Waals surface area contributed by atoms with E-state index in [0.29, 0.717) is 10.6 Å². The normalized spacial score (nSPS) is 12.2. The molecule has 0 unspecified atom stereocenters. The molecule has 1 aromatic carbocycles. The van der Waals surface area contributed by atoms with Gasteiger partial charge in [0.1, 0.15) is 5.82 Å². The SMILES string of the molecule is N#CC[C@H](N)c1cc(F)ccc1Cl. The molecule has 2 N–H and O–H groups in total. The molecule has 1 aromatic rings. The first-order valence-corrected chi connectivity index (χ1v) is 4.10. The number of hydrogen-bond donors (Lipinski definition) is 1. The van der Waals surface area contributed by atoms with Crippen molar-refractivity contribution in [1.82, 2.24) is 0 Å². The van der Waals surface area contributed by atoms with Crippen LogP contribution in [0.15, 0.2) is 18.2 Å². The van der Waals surface area contributed by atoms with Gasteiger partial charge in [-0.05, 0) is 23.8 Å². The van der Waals surface area contributed by atoms with E-state index in [9.17, 15) is 4.39 Å². The maximum atomic E-state index is 12.8. The average Bonchev–Trinajstić information content (AvgIpc) is 2.09. The summed E-state index contributed by atoms with van der Waals surface area (Å²) in [7, 11) is 0. The zero-order valence-corrected chi connectivity index (χ0v) is 7.55. The van der Waals surface area contributed by atoms with Crippen LogP contribution in [0, 0.1) is 17.1 Å². The van der Waals surface area contributed by atoms with Gasteiger partial charge in [0.15, 0.2) is 0 Å². The molecule has 13 heavy (non-hydrogen) atoms. The van der Waals surface area contributed by atoms with Crippen molar-refractivity contribution < 1.29 is 4.39 Å². The van der Waals surface area contributed by atoms with Gasteiger partial charge in [0.05, 0.1) is 12.5 Å². The van der Waals surface area contributed by atoms with Crippen molar-refractivity contribution in [2.45, 2.75) is 12.5 Å². The van der Waals surface area contributed by atoms with Crippen LogP contribution in [0.3, 0.4) is 0 Å². The zero-order chi connectivity index (χ0) is 9.84. The minimum absolute atomic E-state index is 0.128. The van der Waals surface area contributed by atoms with E-state index < -0.39 is 11.9 Å². The summed E-state index contributed by atoms with van der Waals surface area (Å²) in [6, 6.07) is 5.33. The van der Waals surface area contributed by atoms with Crippen LogP contribution in [0.1, 0.15) is 18.0 Å². The van der Waals surface area contributed by atoms with Crippen molar-refractivity contribution >= 4 is 11.6 Å². The summed E-state index contributed by atoms with van der Waals surface area (Å²) in [5.41, 5.74) is 6.08. The van der Waals surface area contributed by atoms with Crippen LogP contribution in [0.5, 0.6) is 0 Å². The van der Waals surface area contributed by atoms with Gasteiger partial charge in [-0.2, -0.15) is 5.26 Å². The van der Waals surface area contributed by atoms with Gasteiger partial charge >= 0.3 is 0 Å². The van der Waals surface area contributed by atoms with Crippen LogP contribution in [0.2, 0.25) is 5.02 Å². The maximum Gasteiger partial charge on any atom is 0.123 e. The van der Waals surface area contributed by atoms with Crippen LogP contribution in [-0.2, 0) is 0 Å². The molecule has 0 saturated heterocycles. The first-order chi connectivity index (χ1) is 6.15. The first kappa shape index (κ1) is 9.97. The molecular weight excluding hydrogens is 191 g/mol. The highest BCUT2D eigenvalue weighted by molar-refractivity contribution is 6.31. The summed E-state index contributed by atoms with van der Waals surface area (Å²) in [6.07, 6.45) is 0.128. The molecule has 1 atom stereocenters. The van der Waals surface area contributed by atoms with E-state index in [1.165, 1.54) is 18.2 Å². The molecule has 0 aliphatic rings. The van der Waals surface area contributed by atoms with Gasteiger partial charge in [0.2, 0.25) is 0 Å². The molecule has 0 radical (unpaired) electrons. The lowest BCUT2D eigenvalue weighted by Crippen LogP contribution is -2.10. The van der Waals surface area contributed by atoms with Gasteiger partial charge in [-0.25, -0.2) is 4.39 Å². The van der Waals surface area contributed by atoms with E-state index in [4.69, 9.17) is 22.6 Å². The Morgan fingerprint density at radius 3 is 2.92 bits per heavy atom. The van der Waals surface area contributed by atoms with E-state index in [-0.39, 0.29) is 6.42 Å². The minimum atomic E-state index is -0.520. The summed E-state index contributed by atoms with van der Waals surface area (Å²) in [4.78, 5) is 0. The fourth-order valence-electron chi connectivity index (χ4n) is 1.01. The lowest BCUT2D eigenvalue weighted by atomic mass is 10.1. The van der Waals surface area contributed by atoms with Gasteiger partial charge in [-0.1, -0.05) is 11.6 Å². The predicted molar refractivity (Wildman–Crippen MR) is 48.6 cm³/mol. The third-order valence-corrected chi connectivity index (χ3v) is 2.01. The Labute approximate surface area is 80.7 Å². The Hall–Kier alpha value is -1.11. The van der Waals surface area contributed by atoms with Crippen molar-refractivity contribution in [1.29, 1.82) is 5.26 Å². The quantitative estimate of drug-likeness (QED) is 0.793. The van der Waals surface area contributed by atoms with Crippen molar-refractivity contribution in [3.05, 3.63) is 34.6 Å². The molecule has 2 nitrogen and oxygen atoms in total. The predicted octanol–water partition coefficient (Wildman–Crippen LogP) is 2.39. The first-order valence-electron chi connectivity index (χ1n) is 3.72. The molecule has 1 rings (SSSR count). The molecular formula is C9H8ClFN2. The number of nitrogens with two attached hydrogens (primary N) is 1. The maximum absolute atomic E-state index is 12.8. The molecule has 0 saturated carbocycles. The second kappa shape index (κ2) is 4.22. The number of benzene rings is 1. The van der Waals surface area contributed by atoms with E-state index in [0.717, 1.165) is 0 Å². The van der Waals surface area contributed by atoms with Crippen molar-refractivity contribution in [2.24, 2.45) is 5.73 Å². The van der Waals surface area contributed by atoms with Crippen LogP contribution < -0.4 is 5.73 Å². The zero-order valence-electron chi connectivity index (χ0n) is 6.80. The number of nitriles is 1. The molecule has 0 aromatic heterocycles. The highest BCUT2D eigenvalue weighted by atomic mass is 35.5. The van der Waals surface area contributed by atoms with Crippen LogP contribution in [0.4, 0.5) is 4.39 Å². The lowest BCUT2D eigenvalue weighted by Gasteiger charge is -2.09. The summed E-state index contributed by atoms with van der Waals surface area (Å²) >= 11 is 5.77. The second-order valence-electron chi connectivity index (χ2n) is 2.63. The Bertz CT molecular complexity index is 346. The van der Waals surface area contributed by atoms with Crippen LogP contribution in [-0.4, -0.2) is 0 Å². The highest BCUT2D eigenvalue weighted by Crippen LogP contribution is 2.23. The average molecular weight is 199 g/mol. The molecule has 0 spiro atoms. The summed E-state index contributed by atoms with van der Waals surface area (Å²) in [6.45, 7) is 0. The summed E-state index contributed by atoms with van der Waals surface area (Å²) in [5, 5.41) is 8.78. The Balaban J connectivity index is 3.00. The second-order valence-corrected chi connectivity index (χ2v) is 3.04. The van der Waals surface area contributed by atoms with E-state index >= 15 is 0 Å². The molecule has 68 valence electrons. The highest BCUT2D eigenvalue weighted by Gasteiger charge is 2.10. The van der Waals surface area contributed by atoms with E-state index in [1.54, 1.807) is 0 Å². The van der Waals surface area contributed by atoms with Crippen LogP contribution in [0.25, 0.3) is 0 Å². The third kappa shape index (κ3) is 2.41. The number of halogens is 2. The molecule has 0 aliphatic heterocycles. The summed E-state index contributed by atoms with van der Waals surface area (Å²) < 4.78 is 12.8. The molecule has 0 bridgehead atoms. The number of hydrogen-bond acceptors (Lipinski definition) is 2. The molecule has 0 amide bonds. The Morgan fingerprint density at radius 2 is 2.31 bits per heavy atom. The largest absolute Gasteiger partial charge is 0.323 e. The third-order valence-electron chi connectivity index (χ3n) is 1.67. The van der Waals surface area contributed by atoms with Crippen LogP contribution >= 0.6 is 11.6 Å². The molecule has 0 aliphatic carbocycles. The van der Waals surface area contributed by atoms with Crippen molar-refractivity contribution in [3.63, 3.8) is 0 Å².